The van der Waals surface area contributed by atoms with Crippen molar-refractivity contribution >= 4 is 38.6 Å². The molecule has 0 unspecified atom stereocenters. The van der Waals surface area contributed by atoms with Gasteiger partial charge in [-0.25, -0.2) is 0 Å². The number of likely N-dealkylation sites (N-methyl/N-ethyl adjacent to an activating group) is 1. The van der Waals surface area contributed by atoms with Gasteiger partial charge in [0.15, 0.2) is 5.71 Å². The van der Waals surface area contributed by atoms with Crippen LogP contribution >= 0.6 is 0 Å². The van der Waals surface area contributed by atoms with Crippen LogP contribution in [0.25, 0.3) is 21.5 Å². The van der Waals surface area contributed by atoms with Crippen molar-refractivity contribution in [2.24, 2.45) is 0 Å². The standard InChI is InChI=1S/C45H41N2/c1-44(2)40(46(3)38-28-26-34-20-11-13-22-36(34)42(38)44)24-15-25-41-45(30-32-16-7-5-8-17-32,31-33-18-9-6-10-19-33)43-37-23-14-12-21-35(37)27-29-39(43)47(41)4/h5-29H,30-31H2,1-4H3/q+1. The summed E-state index contributed by atoms with van der Waals surface area (Å²) in [5, 5.41) is 5.26. The molecule has 230 valence electrons. The Morgan fingerprint density at radius 1 is 0.617 bits per heavy atom. The average molecular weight is 610 g/mol. The lowest BCUT2D eigenvalue weighted by molar-refractivity contribution is -0.401. The zero-order valence-corrected chi connectivity index (χ0v) is 27.7. The second-order valence-corrected chi connectivity index (χ2v) is 13.8. The molecule has 47 heavy (non-hydrogen) atoms. The number of anilines is 1. The van der Waals surface area contributed by atoms with Gasteiger partial charge in [-0.1, -0.05) is 121 Å². The molecule has 2 aliphatic heterocycles. The van der Waals surface area contributed by atoms with E-state index in [9.17, 15) is 0 Å². The zero-order chi connectivity index (χ0) is 32.2. The molecule has 0 saturated carbocycles. The highest BCUT2D eigenvalue weighted by Crippen LogP contribution is 2.54. The Morgan fingerprint density at radius 2 is 1.15 bits per heavy atom. The first-order valence-corrected chi connectivity index (χ1v) is 16.7. The normalized spacial score (nSPS) is 17.3. The van der Waals surface area contributed by atoms with Gasteiger partial charge in [0.05, 0.1) is 5.41 Å². The molecule has 2 heterocycles. The Morgan fingerprint density at radius 3 is 1.77 bits per heavy atom. The van der Waals surface area contributed by atoms with Crippen LogP contribution in [-0.4, -0.2) is 24.4 Å². The van der Waals surface area contributed by atoms with Gasteiger partial charge in [0, 0.05) is 41.6 Å². The molecule has 0 radical (unpaired) electrons. The van der Waals surface area contributed by atoms with Gasteiger partial charge >= 0.3 is 0 Å². The number of fused-ring (bicyclic) bond motifs is 6. The van der Waals surface area contributed by atoms with Gasteiger partial charge in [-0.3, -0.25) is 0 Å². The van der Waals surface area contributed by atoms with Crippen LogP contribution in [0.15, 0.2) is 157 Å². The highest BCUT2D eigenvalue weighted by Gasteiger charge is 2.47. The second kappa shape index (κ2) is 11.2. The number of allylic oxidation sites excluding steroid dienone is 4. The summed E-state index contributed by atoms with van der Waals surface area (Å²) in [4.78, 5) is 2.45. The summed E-state index contributed by atoms with van der Waals surface area (Å²) in [6, 6.07) is 49.0. The smallest absolute Gasteiger partial charge is 0.210 e. The summed E-state index contributed by atoms with van der Waals surface area (Å²) in [5.74, 6) is 0. The molecular formula is C45H41N2+. The van der Waals surface area contributed by atoms with Crippen LogP contribution in [0.1, 0.15) is 36.1 Å². The highest BCUT2D eigenvalue weighted by molar-refractivity contribution is 6.07. The van der Waals surface area contributed by atoms with Crippen molar-refractivity contribution in [3.8, 4) is 0 Å². The Kier molecular flexibility index (Phi) is 6.99. The summed E-state index contributed by atoms with van der Waals surface area (Å²) in [5.41, 5.74) is 10.4. The fraction of sp³-hybridized carbons (Fsp3) is 0.178. The topological polar surface area (TPSA) is 6.25 Å². The van der Waals surface area contributed by atoms with Gasteiger partial charge < -0.3 is 4.90 Å². The molecule has 2 heteroatoms. The van der Waals surface area contributed by atoms with E-state index in [1.165, 1.54) is 66.6 Å². The monoisotopic (exact) mass is 609 g/mol. The minimum atomic E-state index is -0.265. The molecule has 0 saturated heterocycles. The fourth-order valence-corrected chi connectivity index (χ4v) is 8.63. The van der Waals surface area contributed by atoms with Gasteiger partial charge in [-0.2, -0.15) is 4.58 Å². The maximum absolute atomic E-state index is 2.45. The third-order valence-electron chi connectivity index (χ3n) is 10.7. The van der Waals surface area contributed by atoms with E-state index in [1.807, 2.05) is 0 Å². The number of hydrogen-bond donors (Lipinski definition) is 0. The lowest BCUT2D eigenvalue weighted by Gasteiger charge is -2.34. The molecule has 6 aromatic rings. The first-order valence-electron chi connectivity index (χ1n) is 16.7. The van der Waals surface area contributed by atoms with Crippen molar-refractivity contribution in [2.75, 3.05) is 19.0 Å². The Balaban J connectivity index is 1.31. The van der Waals surface area contributed by atoms with Crippen LogP contribution in [0.4, 0.5) is 11.4 Å². The first kappa shape index (κ1) is 29.2. The van der Waals surface area contributed by atoms with Crippen molar-refractivity contribution in [3.05, 3.63) is 180 Å². The summed E-state index contributed by atoms with van der Waals surface area (Å²) in [6.45, 7) is 4.74. The molecule has 0 fully saturated rings. The molecule has 2 nitrogen and oxygen atoms in total. The van der Waals surface area contributed by atoms with Crippen LogP contribution in [0.5, 0.6) is 0 Å². The SMILES string of the molecule is CN1C(=CC=CC2=[N+](C)c3ccc4ccccc4c3C2(C)C)C(Cc2ccccc2)(Cc2ccccc2)c2c1ccc1ccccc21. The van der Waals surface area contributed by atoms with Crippen molar-refractivity contribution in [1.82, 2.24) is 0 Å². The van der Waals surface area contributed by atoms with Crippen LogP contribution < -0.4 is 4.90 Å². The van der Waals surface area contributed by atoms with Crippen molar-refractivity contribution in [2.45, 2.75) is 37.5 Å². The average Bonchev–Trinajstić information content (AvgIpc) is 3.44. The first-order chi connectivity index (χ1) is 22.9. The van der Waals surface area contributed by atoms with E-state index in [0.717, 1.165) is 12.8 Å². The molecule has 0 amide bonds. The third-order valence-corrected chi connectivity index (χ3v) is 10.7. The van der Waals surface area contributed by atoms with E-state index >= 15 is 0 Å². The Bertz CT molecular complexity index is 2190. The molecule has 0 N–H and O–H groups in total. The predicted molar refractivity (Wildman–Crippen MR) is 199 cm³/mol. The molecule has 0 aliphatic carbocycles. The van der Waals surface area contributed by atoms with Crippen LogP contribution in [0, 0.1) is 0 Å². The minimum absolute atomic E-state index is 0.133. The predicted octanol–water partition coefficient (Wildman–Crippen LogP) is 10.3. The Hall–Kier alpha value is -5.21. The van der Waals surface area contributed by atoms with E-state index in [4.69, 9.17) is 0 Å². The number of nitrogens with zero attached hydrogens (tertiary/aromatic N) is 2. The van der Waals surface area contributed by atoms with E-state index in [1.54, 1.807) is 0 Å². The van der Waals surface area contributed by atoms with Crippen molar-refractivity contribution in [1.29, 1.82) is 0 Å². The summed E-state index contributed by atoms with van der Waals surface area (Å²) in [7, 11) is 4.47. The lowest BCUT2D eigenvalue weighted by atomic mass is 9.69. The van der Waals surface area contributed by atoms with Crippen molar-refractivity contribution in [3.63, 3.8) is 0 Å². The van der Waals surface area contributed by atoms with E-state index in [-0.39, 0.29) is 10.8 Å². The van der Waals surface area contributed by atoms with Gasteiger partial charge in [-0.05, 0) is 83.1 Å². The van der Waals surface area contributed by atoms with Gasteiger partial charge in [0.1, 0.15) is 7.05 Å². The summed E-state index contributed by atoms with van der Waals surface area (Å²) >= 11 is 0. The number of rotatable bonds is 6. The maximum Gasteiger partial charge on any atom is 0.210 e. The lowest BCUT2D eigenvalue weighted by Crippen LogP contribution is -2.34. The quantitative estimate of drug-likeness (QED) is 0.170. The minimum Gasteiger partial charge on any atom is -0.347 e. The van der Waals surface area contributed by atoms with E-state index in [0.29, 0.717) is 0 Å². The Labute approximate surface area is 278 Å². The maximum atomic E-state index is 2.45. The molecule has 0 atom stereocenters. The molecule has 6 aromatic carbocycles. The summed E-state index contributed by atoms with van der Waals surface area (Å²) in [6.07, 6.45) is 8.89. The molecule has 0 aromatic heterocycles. The molecule has 8 rings (SSSR count). The van der Waals surface area contributed by atoms with E-state index in [2.05, 4.69) is 189 Å². The third kappa shape index (κ3) is 4.66. The molecule has 0 bridgehead atoms. The van der Waals surface area contributed by atoms with Crippen LogP contribution in [-0.2, 0) is 23.7 Å². The number of hydrogen-bond acceptors (Lipinski definition) is 1. The van der Waals surface area contributed by atoms with Crippen LogP contribution in [0.3, 0.4) is 0 Å². The fourth-order valence-electron chi connectivity index (χ4n) is 8.63. The number of benzene rings is 6. The molecule has 0 spiro atoms. The summed E-state index contributed by atoms with van der Waals surface area (Å²) < 4.78 is 2.39. The van der Waals surface area contributed by atoms with Gasteiger partial charge in [-0.15, -0.1) is 0 Å². The van der Waals surface area contributed by atoms with Gasteiger partial charge in [0.2, 0.25) is 5.69 Å². The van der Waals surface area contributed by atoms with Crippen LogP contribution in [0.2, 0.25) is 0 Å². The highest BCUT2D eigenvalue weighted by atomic mass is 15.2. The molecule has 2 aliphatic rings. The molecular weight excluding hydrogens is 569 g/mol. The zero-order valence-electron chi connectivity index (χ0n) is 27.7. The van der Waals surface area contributed by atoms with Gasteiger partial charge in [0.25, 0.3) is 0 Å². The van der Waals surface area contributed by atoms with E-state index < -0.39 is 0 Å². The van der Waals surface area contributed by atoms with Crippen molar-refractivity contribution < 1.29 is 4.58 Å². The largest absolute Gasteiger partial charge is 0.347 e. The second-order valence-electron chi connectivity index (χ2n) is 13.8.